The zero-order valence-electron chi connectivity index (χ0n) is 17.8. The van der Waals surface area contributed by atoms with Gasteiger partial charge >= 0.3 is 0 Å². The highest BCUT2D eigenvalue weighted by atomic mass is 32.2. The minimum atomic E-state index is -3.03. The molecule has 1 saturated heterocycles. The molecular weight excluding hydrogens is 400 g/mol. The first-order valence-electron chi connectivity index (χ1n) is 10.5. The number of carbonyl (C=O) groups excluding carboxylic acids is 1. The Hall–Kier alpha value is -2.48. The van der Waals surface area contributed by atoms with Gasteiger partial charge in [-0.2, -0.15) is 5.10 Å². The van der Waals surface area contributed by atoms with E-state index in [9.17, 15) is 13.2 Å². The van der Waals surface area contributed by atoms with Gasteiger partial charge in [-0.1, -0.05) is 19.1 Å². The summed E-state index contributed by atoms with van der Waals surface area (Å²) < 4.78 is 25.6. The molecule has 1 aliphatic rings. The topological polar surface area (TPSA) is 84.6 Å². The molecule has 0 N–H and O–H groups in total. The van der Waals surface area contributed by atoms with E-state index in [2.05, 4.69) is 5.10 Å². The van der Waals surface area contributed by atoms with Crippen molar-refractivity contribution in [2.45, 2.75) is 52.5 Å². The number of benzene rings is 1. The van der Waals surface area contributed by atoms with Gasteiger partial charge in [0.05, 0.1) is 17.0 Å². The van der Waals surface area contributed by atoms with E-state index in [1.807, 2.05) is 49.6 Å². The van der Waals surface area contributed by atoms with Crippen molar-refractivity contribution in [1.82, 2.24) is 19.5 Å². The highest BCUT2D eigenvalue weighted by molar-refractivity contribution is 7.91. The number of hydrogen-bond donors (Lipinski definition) is 0. The molecule has 1 unspecified atom stereocenters. The first-order chi connectivity index (χ1) is 14.3. The molecule has 160 valence electrons. The summed E-state index contributed by atoms with van der Waals surface area (Å²) in [5.41, 5.74) is 4.66. The van der Waals surface area contributed by atoms with E-state index in [0.717, 1.165) is 39.9 Å². The fraction of sp³-hybridized carbons (Fsp3) is 0.500. The van der Waals surface area contributed by atoms with Gasteiger partial charge in [0.15, 0.2) is 15.5 Å². The second-order valence-corrected chi connectivity index (χ2v) is 10.4. The highest BCUT2D eigenvalue weighted by Gasteiger charge is 2.34. The van der Waals surface area contributed by atoms with Crippen LogP contribution in [0.4, 0.5) is 0 Å². The van der Waals surface area contributed by atoms with Crippen LogP contribution in [-0.4, -0.2) is 57.9 Å². The van der Waals surface area contributed by atoms with Crippen molar-refractivity contribution in [3.8, 4) is 0 Å². The molecule has 1 amide bonds. The molecule has 1 aromatic carbocycles. The molecule has 1 aliphatic heterocycles. The number of nitrogens with zero attached hydrogens (tertiary/aromatic N) is 4. The van der Waals surface area contributed by atoms with Crippen LogP contribution in [0, 0.1) is 13.8 Å². The lowest BCUT2D eigenvalue weighted by molar-refractivity contribution is -0.133. The molecule has 1 atom stereocenters. The van der Waals surface area contributed by atoms with Crippen molar-refractivity contribution in [2.75, 3.05) is 18.1 Å². The van der Waals surface area contributed by atoms with Gasteiger partial charge in [0, 0.05) is 35.8 Å². The monoisotopic (exact) mass is 428 g/mol. The van der Waals surface area contributed by atoms with E-state index in [1.54, 1.807) is 4.90 Å². The minimum Gasteiger partial charge on any atom is -0.339 e. The van der Waals surface area contributed by atoms with Crippen LogP contribution in [0.5, 0.6) is 0 Å². The normalized spacial score (nSPS) is 18.3. The summed E-state index contributed by atoms with van der Waals surface area (Å²) in [6, 6.07) is 7.74. The molecule has 7 nitrogen and oxygen atoms in total. The van der Waals surface area contributed by atoms with Gasteiger partial charge in [-0.25, -0.2) is 17.9 Å². The summed E-state index contributed by atoms with van der Waals surface area (Å²) in [4.78, 5) is 19.6. The van der Waals surface area contributed by atoms with Crippen molar-refractivity contribution < 1.29 is 13.2 Å². The summed E-state index contributed by atoms with van der Waals surface area (Å²) in [5.74, 6) is 0.282. The van der Waals surface area contributed by atoms with Gasteiger partial charge in [0.2, 0.25) is 5.91 Å². The van der Waals surface area contributed by atoms with Crippen LogP contribution < -0.4 is 0 Å². The largest absolute Gasteiger partial charge is 0.339 e. The Morgan fingerprint density at radius 3 is 2.73 bits per heavy atom. The Bertz CT molecular complexity index is 1220. The fourth-order valence-corrected chi connectivity index (χ4v) is 6.22. The van der Waals surface area contributed by atoms with Crippen LogP contribution in [0.2, 0.25) is 0 Å². The standard InChI is InChI=1S/C22H28N4O3S/c1-4-12-25(17-11-13-30(28,29)14-17)21(27)10-9-18-15(2)23-22-19-7-5-6-8-20(19)24-26(22)16(18)3/h5-8,17H,4,9-14H2,1-3H3. The van der Waals surface area contributed by atoms with E-state index < -0.39 is 9.84 Å². The van der Waals surface area contributed by atoms with Gasteiger partial charge in [-0.3, -0.25) is 4.79 Å². The molecule has 4 rings (SSSR count). The van der Waals surface area contributed by atoms with E-state index in [-0.39, 0.29) is 23.5 Å². The molecule has 8 heteroatoms. The van der Waals surface area contributed by atoms with Gasteiger partial charge in [-0.05, 0) is 50.8 Å². The molecule has 0 radical (unpaired) electrons. The SMILES string of the molecule is CCCN(C(=O)CCc1c(C)nc2c3ccccc3nn2c1C)C1CCS(=O)(=O)C1. The molecule has 0 spiro atoms. The predicted octanol–water partition coefficient (Wildman–Crippen LogP) is 2.86. The lowest BCUT2D eigenvalue weighted by Crippen LogP contribution is -2.41. The van der Waals surface area contributed by atoms with Crippen LogP contribution in [0.1, 0.15) is 43.1 Å². The smallest absolute Gasteiger partial charge is 0.223 e. The molecular formula is C22H28N4O3S. The third-order valence-corrected chi connectivity index (χ3v) is 7.79. The summed E-state index contributed by atoms with van der Waals surface area (Å²) in [5, 5.41) is 5.70. The average Bonchev–Trinajstić information content (AvgIpc) is 3.26. The number of sulfone groups is 1. The van der Waals surface area contributed by atoms with Crippen molar-refractivity contribution in [1.29, 1.82) is 0 Å². The van der Waals surface area contributed by atoms with Crippen LogP contribution >= 0.6 is 0 Å². The zero-order valence-corrected chi connectivity index (χ0v) is 18.6. The number of aryl methyl sites for hydroxylation is 2. The number of aromatic nitrogens is 3. The van der Waals surface area contributed by atoms with Crippen molar-refractivity contribution in [3.63, 3.8) is 0 Å². The Morgan fingerprint density at radius 1 is 1.27 bits per heavy atom. The van der Waals surface area contributed by atoms with Crippen LogP contribution in [-0.2, 0) is 21.1 Å². The van der Waals surface area contributed by atoms with E-state index >= 15 is 0 Å². The summed E-state index contributed by atoms with van der Waals surface area (Å²) in [6.45, 7) is 6.60. The summed E-state index contributed by atoms with van der Waals surface area (Å²) >= 11 is 0. The van der Waals surface area contributed by atoms with Crippen LogP contribution in [0.3, 0.4) is 0 Å². The van der Waals surface area contributed by atoms with Crippen LogP contribution in [0.25, 0.3) is 16.6 Å². The molecule has 3 aromatic rings. The number of amides is 1. The Morgan fingerprint density at radius 2 is 2.03 bits per heavy atom. The highest BCUT2D eigenvalue weighted by Crippen LogP contribution is 2.24. The second kappa shape index (κ2) is 7.98. The molecule has 2 aromatic heterocycles. The maximum absolute atomic E-state index is 13.0. The van der Waals surface area contributed by atoms with Crippen LogP contribution in [0.15, 0.2) is 24.3 Å². The zero-order chi connectivity index (χ0) is 21.5. The molecule has 30 heavy (non-hydrogen) atoms. The summed E-state index contributed by atoms with van der Waals surface area (Å²) in [7, 11) is -3.03. The number of carbonyl (C=O) groups is 1. The maximum atomic E-state index is 13.0. The average molecular weight is 429 g/mol. The molecule has 3 heterocycles. The fourth-order valence-electron chi connectivity index (χ4n) is 4.49. The third-order valence-electron chi connectivity index (χ3n) is 6.04. The van der Waals surface area contributed by atoms with Gasteiger partial charge in [0.25, 0.3) is 0 Å². The Balaban J connectivity index is 1.57. The van der Waals surface area contributed by atoms with Gasteiger partial charge < -0.3 is 4.90 Å². The maximum Gasteiger partial charge on any atom is 0.223 e. The van der Waals surface area contributed by atoms with Gasteiger partial charge in [0.1, 0.15) is 0 Å². The van der Waals surface area contributed by atoms with E-state index in [4.69, 9.17) is 4.98 Å². The molecule has 0 aliphatic carbocycles. The first-order valence-corrected chi connectivity index (χ1v) is 12.4. The van der Waals surface area contributed by atoms with Crippen molar-refractivity contribution >= 4 is 32.3 Å². The first kappa shape index (κ1) is 20.8. The lowest BCUT2D eigenvalue weighted by Gasteiger charge is -2.28. The summed E-state index contributed by atoms with van der Waals surface area (Å²) in [6.07, 6.45) is 2.26. The van der Waals surface area contributed by atoms with Crippen molar-refractivity contribution in [2.24, 2.45) is 0 Å². The number of hydrogen-bond acceptors (Lipinski definition) is 5. The van der Waals surface area contributed by atoms with Crippen molar-refractivity contribution in [3.05, 3.63) is 41.2 Å². The predicted molar refractivity (Wildman–Crippen MR) is 117 cm³/mol. The second-order valence-electron chi connectivity index (χ2n) is 8.16. The Labute approximate surface area is 177 Å². The minimum absolute atomic E-state index is 0.0171. The van der Waals surface area contributed by atoms with Gasteiger partial charge in [-0.15, -0.1) is 0 Å². The number of rotatable bonds is 6. The number of fused-ring (bicyclic) bond motifs is 3. The Kier molecular flexibility index (Phi) is 5.53. The lowest BCUT2D eigenvalue weighted by atomic mass is 10.0. The van der Waals surface area contributed by atoms with E-state index in [0.29, 0.717) is 25.8 Å². The molecule has 0 saturated carbocycles. The van der Waals surface area contributed by atoms with E-state index in [1.165, 1.54) is 0 Å². The third kappa shape index (κ3) is 3.80. The quantitative estimate of drug-likeness (QED) is 0.603. The molecule has 1 fully saturated rings. The molecule has 0 bridgehead atoms.